The van der Waals surface area contributed by atoms with Crippen molar-refractivity contribution in [1.82, 2.24) is 4.90 Å². The highest BCUT2D eigenvalue weighted by atomic mass is 15.1. The van der Waals surface area contributed by atoms with Gasteiger partial charge in [-0.1, -0.05) is 13.3 Å². The van der Waals surface area contributed by atoms with E-state index in [1.54, 1.807) is 0 Å². The van der Waals surface area contributed by atoms with Crippen molar-refractivity contribution < 1.29 is 0 Å². The Balaban J connectivity index is 1.97. The van der Waals surface area contributed by atoms with E-state index in [0.29, 0.717) is 0 Å². The highest BCUT2D eigenvalue weighted by Crippen LogP contribution is 2.37. The van der Waals surface area contributed by atoms with Gasteiger partial charge in [0.15, 0.2) is 0 Å². The molecule has 1 heterocycles. The van der Waals surface area contributed by atoms with Gasteiger partial charge in [0, 0.05) is 13.1 Å². The molecule has 2 fully saturated rings. The zero-order chi connectivity index (χ0) is 7.84. The minimum Gasteiger partial charge on any atom is -0.306 e. The maximum absolute atomic E-state index is 2.51. The lowest BCUT2D eigenvalue weighted by Gasteiger charge is -2.28. The van der Waals surface area contributed by atoms with Gasteiger partial charge in [0.2, 0.25) is 0 Å². The number of rotatable bonds is 0. The summed E-state index contributed by atoms with van der Waals surface area (Å²) in [5.41, 5.74) is 0. The Hall–Kier alpha value is -0.0400. The van der Waals surface area contributed by atoms with Crippen LogP contribution >= 0.6 is 0 Å². The van der Waals surface area contributed by atoms with Crippen molar-refractivity contribution in [3.8, 4) is 0 Å². The topological polar surface area (TPSA) is 3.24 Å². The molecule has 1 nitrogen and oxygen atoms in total. The molecule has 11 heavy (non-hydrogen) atoms. The van der Waals surface area contributed by atoms with Crippen LogP contribution in [0.4, 0.5) is 0 Å². The lowest BCUT2D eigenvalue weighted by Crippen LogP contribution is -2.21. The summed E-state index contributed by atoms with van der Waals surface area (Å²) in [6.45, 7) is 5.15. The normalized spacial score (nSPS) is 45.8. The summed E-state index contributed by atoms with van der Waals surface area (Å²) < 4.78 is 0. The predicted octanol–water partition coefficient (Wildman–Crippen LogP) is 1.98. The summed E-state index contributed by atoms with van der Waals surface area (Å²) in [4.78, 5) is 2.51. The molecule has 0 bridgehead atoms. The van der Waals surface area contributed by atoms with Crippen LogP contribution in [0.2, 0.25) is 0 Å². The molecule has 0 amide bonds. The molecule has 2 unspecified atom stereocenters. The Kier molecular flexibility index (Phi) is 1.92. The van der Waals surface area contributed by atoms with Gasteiger partial charge in [-0.25, -0.2) is 0 Å². The van der Waals surface area contributed by atoms with Gasteiger partial charge in [-0.05, 0) is 37.6 Å². The maximum Gasteiger partial charge on any atom is 0.000995 e. The lowest BCUT2D eigenvalue weighted by atomic mass is 9.77. The van der Waals surface area contributed by atoms with E-state index in [2.05, 4.69) is 18.9 Å². The molecule has 1 saturated heterocycles. The van der Waals surface area contributed by atoms with Crippen LogP contribution in [0.3, 0.4) is 0 Å². The van der Waals surface area contributed by atoms with E-state index in [1.807, 2.05) is 0 Å². The van der Waals surface area contributed by atoms with E-state index in [0.717, 1.165) is 17.8 Å². The summed E-state index contributed by atoms with van der Waals surface area (Å²) in [6, 6.07) is 0. The first-order valence-electron chi connectivity index (χ1n) is 4.94. The molecule has 2 rings (SSSR count). The second-order valence-corrected chi connectivity index (χ2v) is 4.66. The second kappa shape index (κ2) is 2.78. The van der Waals surface area contributed by atoms with Gasteiger partial charge in [0.25, 0.3) is 0 Å². The van der Waals surface area contributed by atoms with Gasteiger partial charge >= 0.3 is 0 Å². The van der Waals surface area contributed by atoms with Crippen LogP contribution in [0.5, 0.6) is 0 Å². The van der Waals surface area contributed by atoms with E-state index in [4.69, 9.17) is 0 Å². The van der Waals surface area contributed by atoms with Gasteiger partial charge in [0.1, 0.15) is 0 Å². The zero-order valence-corrected chi connectivity index (χ0v) is 7.71. The average molecular weight is 153 g/mol. The molecular formula is C10H19N. The molecule has 64 valence electrons. The Morgan fingerprint density at radius 3 is 2.64 bits per heavy atom. The fourth-order valence-corrected chi connectivity index (χ4v) is 2.90. The fraction of sp³-hybridized carbons (Fsp3) is 1.00. The van der Waals surface area contributed by atoms with E-state index >= 15 is 0 Å². The third-order valence-electron chi connectivity index (χ3n) is 3.49. The van der Waals surface area contributed by atoms with E-state index in [-0.39, 0.29) is 0 Å². The quantitative estimate of drug-likeness (QED) is 0.514. The van der Waals surface area contributed by atoms with Crippen LogP contribution in [-0.2, 0) is 0 Å². The van der Waals surface area contributed by atoms with Gasteiger partial charge in [-0.15, -0.1) is 0 Å². The van der Waals surface area contributed by atoms with Crippen molar-refractivity contribution in [3.05, 3.63) is 0 Å². The van der Waals surface area contributed by atoms with Gasteiger partial charge in [-0.3, -0.25) is 0 Å². The first-order chi connectivity index (χ1) is 5.25. The van der Waals surface area contributed by atoms with E-state index in [1.165, 1.54) is 32.4 Å². The molecule has 1 aliphatic carbocycles. The summed E-state index contributed by atoms with van der Waals surface area (Å²) in [7, 11) is 2.27. The minimum absolute atomic E-state index is 1.00. The lowest BCUT2D eigenvalue weighted by molar-refractivity contribution is 0.238. The molecule has 1 saturated carbocycles. The molecule has 0 spiro atoms. The number of hydrogen-bond acceptors (Lipinski definition) is 1. The van der Waals surface area contributed by atoms with Crippen molar-refractivity contribution >= 4 is 0 Å². The molecule has 2 aliphatic rings. The van der Waals surface area contributed by atoms with Crippen molar-refractivity contribution in [2.24, 2.45) is 17.8 Å². The third kappa shape index (κ3) is 1.44. The van der Waals surface area contributed by atoms with Crippen LogP contribution in [0, 0.1) is 17.8 Å². The van der Waals surface area contributed by atoms with Gasteiger partial charge in [0.05, 0.1) is 0 Å². The SMILES string of the molecule is C[C@@H]1CCC2CN(C)CC2C1. The third-order valence-corrected chi connectivity index (χ3v) is 3.49. The molecule has 0 N–H and O–H groups in total. The Morgan fingerprint density at radius 2 is 1.82 bits per heavy atom. The van der Waals surface area contributed by atoms with Crippen molar-refractivity contribution in [1.29, 1.82) is 0 Å². The molecule has 0 radical (unpaired) electrons. The summed E-state index contributed by atoms with van der Waals surface area (Å²) in [5, 5.41) is 0. The smallest absolute Gasteiger partial charge is 0.000995 e. The van der Waals surface area contributed by atoms with E-state index in [9.17, 15) is 0 Å². The van der Waals surface area contributed by atoms with Gasteiger partial charge < -0.3 is 4.90 Å². The molecule has 1 heteroatoms. The van der Waals surface area contributed by atoms with Crippen LogP contribution in [-0.4, -0.2) is 25.0 Å². The molecule has 0 aromatic heterocycles. The Bertz CT molecular complexity index is 144. The summed E-state index contributed by atoms with van der Waals surface area (Å²) >= 11 is 0. The van der Waals surface area contributed by atoms with Crippen LogP contribution in [0.15, 0.2) is 0 Å². The van der Waals surface area contributed by atoms with Crippen LogP contribution in [0.1, 0.15) is 26.2 Å². The van der Waals surface area contributed by atoms with Crippen molar-refractivity contribution in [2.75, 3.05) is 20.1 Å². The summed E-state index contributed by atoms with van der Waals surface area (Å²) in [6.07, 6.45) is 4.47. The highest BCUT2D eigenvalue weighted by molar-refractivity contribution is 4.86. The van der Waals surface area contributed by atoms with Crippen molar-refractivity contribution in [3.63, 3.8) is 0 Å². The second-order valence-electron chi connectivity index (χ2n) is 4.66. The van der Waals surface area contributed by atoms with E-state index < -0.39 is 0 Å². The van der Waals surface area contributed by atoms with Gasteiger partial charge in [-0.2, -0.15) is 0 Å². The molecule has 3 atom stereocenters. The first-order valence-corrected chi connectivity index (χ1v) is 4.94. The number of fused-ring (bicyclic) bond motifs is 1. The van der Waals surface area contributed by atoms with Crippen molar-refractivity contribution in [2.45, 2.75) is 26.2 Å². The Morgan fingerprint density at radius 1 is 1.09 bits per heavy atom. The molecule has 0 aromatic rings. The molecular weight excluding hydrogens is 134 g/mol. The van der Waals surface area contributed by atoms with Crippen LogP contribution < -0.4 is 0 Å². The largest absolute Gasteiger partial charge is 0.306 e. The predicted molar refractivity (Wildman–Crippen MR) is 47.5 cm³/mol. The minimum atomic E-state index is 1.00. The average Bonchev–Trinajstić information content (AvgIpc) is 2.27. The molecule has 1 aliphatic heterocycles. The number of likely N-dealkylation sites (tertiary alicyclic amines) is 1. The number of nitrogens with zero attached hydrogens (tertiary/aromatic N) is 1. The fourth-order valence-electron chi connectivity index (χ4n) is 2.90. The summed E-state index contributed by atoms with van der Waals surface area (Å²) in [5.74, 6) is 3.10. The standard InChI is InChI=1S/C10H19N/c1-8-3-4-9-6-11(2)7-10(9)5-8/h8-10H,3-7H2,1-2H3/t8-,9?,10?/m1/s1. The maximum atomic E-state index is 2.51. The first kappa shape index (κ1) is 7.60. The number of hydrogen-bond donors (Lipinski definition) is 0. The monoisotopic (exact) mass is 153 g/mol. The highest BCUT2D eigenvalue weighted by Gasteiger charge is 2.34. The molecule has 0 aromatic carbocycles. The Labute approximate surface area is 69.8 Å². The van der Waals surface area contributed by atoms with Crippen LogP contribution in [0.25, 0.3) is 0 Å². The zero-order valence-electron chi connectivity index (χ0n) is 7.71.